The van der Waals surface area contributed by atoms with Crippen LogP contribution in [-0.2, 0) is 9.59 Å². The summed E-state index contributed by atoms with van der Waals surface area (Å²) in [5, 5.41) is 1.53. The van der Waals surface area contributed by atoms with Gasteiger partial charge in [0.2, 0.25) is 0 Å². The minimum absolute atomic E-state index is 0.231. The fourth-order valence-electron chi connectivity index (χ4n) is 1.85. The summed E-state index contributed by atoms with van der Waals surface area (Å²) < 4.78 is 10.6. The van der Waals surface area contributed by atoms with Gasteiger partial charge in [0, 0.05) is 29.7 Å². The Bertz CT molecular complexity index is 694. The van der Waals surface area contributed by atoms with Crippen LogP contribution in [0.2, 0.25) is 5.02 Å². The Hall–Kier alpha value is -2.07. The quantitative estimate of drug-likeness (QED) is 0.629. The van der Waals surface area contributed by atoms with Gasteiger partial charge in [0.05, 0.1) is 5.02 Å². The number of esters is 2. The van der Waals surface area contributed by atoms with Crippen LogP contribution in [0.1, 0.15) is 26.7 Å². The standard InChI is InChI=1S/C16H15ClO4/c1-3-14(18)20-13-9-12(17)16(21-15(19)4-2)11-8-6-5-7-10(11)13/h5-9H,3-4H2,1-2H3. The SMILES string of the molecule is CCC(=O)Oc1cc(Cl)c(OC(=O)CC)c2ccccc12. The summed E-state index contributed by atoms with van der Waals surface area (Å²) >= 11 is 6.17. The molecule has 0 aliphatic heterocycles. The van der Waals surface area contributed by atoms with E-state index >= 15 is 0 Å². The third-order valence-electron chi connectivity index (χ3n) is 2.93. The molecule has 0 amide bonds. The van der Waals surface area contributed by atoms with Crippen LogP contribution in [0.15, 0.2) is 30.3 Å². The molecule has 0 atom stereocenters. The summed E-state index contributed by atoms with van der Waals surface area (Å²) in [7, 11) is 0. The lowest BCUT2D eigenvalue weighted by Gasteiger charge is -2.13. The molecule has 0 spiro atoms. The largest absolute Gasteiger partial charge is 0.426 e. The normalized spacial score (nSPS) is 10.4. The second-order valence-electron chi connectivity index (χ2n) is 4.39. The lowest BCUT2D eigenvalue weighted by Crippen LogP contribution is -2.08. The van der Waals surface area contributed by atoms with Crippen LogP contribution in [0.4, 0.5) is 0 Å². The molecule has 0 aliphatic rings. The monoisotopic (exact) mass is 306 g/mol. The van der Waals surface area contributed by atoms with Gasteiger partial charge < -0.3 is 9.47 Å². The van der Waals surface area contributed by atoms with E-state index in [1.165, 1.54) is 6.07 Å². The molecule has 0 unspecified atom stereocenters. The fourth-order valence-corrected chi connectivity index (χ4v) is 2.09. The second-order valence-corrected chi connectivity index (χ2v) is 4.79. The number of hydrogen-bond donors (Lipinski definition) is 0. The number of rotatable bonds is 4. The molecular weight excluding hydrogens is 292 g/mol. The van der Waals surface area contributed by atoms with Gasteiger partial charge in [-0.05, 0) is 0 Å². The molecule has 4 nitrogen and oxygen atoms in total. The van der Waals surface area contributed by atoms with Gasteiger partial charge in [-0.1, -0.05) is 49.7 Å². The van der Waals surface area contributed by atoms with Crippen molar-refractivity contribution in [2.75, 3.05) is 0 Å². The van der Waals surface area contributed by atoms with Crippen molar-refractivity contribution < 1.29 is 19.1 Å². The molecule has 0 aliphatic carbocycles. The highest BCUT2D eigenvalue weighted by atomic mass is 35.5. The Balaban J connectivity index is 2.57. The zero-order valence-electron chi connectivity index (χ0n) is 11.8. The van der Waals surface area contributed by atoms with Crippen molar-refractivity contribution in [3.05, 3.63) is 35.4 Å². The van der Waals surface area contributed by atoms with E-state index in [0.717, 1.165) is 0 Å². The number of carbonyl (C=O) groups is 2. The lowest BCUT2D eigenvalue weighted by atomic mass is 10.1. The smallest absolute Gasteiger partial charge is 0.310 e. The highest BCUT2D eigenvalue weighted by molar-refractivity contribution is 6.33. The number of carbonyl (C=O) groups excluding carboxylic acids is 2. The molecule has 0 saturated heterocycles. The number of benzene rings is 2. The molecular formula is C16H15ClO4. The first-order valence-electron chi connectivity index (χ1n) is 6.69. The van der Waals surface area contributed by atoms with Crippen LogP contribution in [0.5, 0.6) is 11.5 Å². The molecule has 0 saturated carbocycles. The van der Waals surface area contributed by atoms with Gasteiger partial charge in [0.15, 0.2) is 5.75 Å². The minimum atomic E-state index is -0.375. The number of ether oxygens (including phenoxy) is 2. The van der Waals surface area contributed by atoms with E-state index in [2.05, 4.69) is 0 Å². The zero-order chi connectivity index (χ0) is 15.4. The molecule has 110 valence electrons. The van der Waals surface area contributed by atoms with Crippen LogP contribution in [0.25, 0.3) is 10.8 Å². The van der Waals surface area contributed by atoms with Crippen molar-refractivity contribution in [2.24, 2.45) is 0 Å². The van der Waals surface area contributed by atoms with Gasteiger partial charge in [-0.25, -0.2) is 0 Å². The molecule has 0 heterocycles. The topological polar surface area (TPSA) is 52.6 Å². The molecule has 21 heavy (non-hydrogen) atoms. The molecule has 0 bridgehead atoms. The summed E-state index contributed by atoms with van der Waals surface area (Å²) in [5.41, 5.74) is 0. The molecule has 5 heteroatoms. The Morgan fingerprint density at radius 2 is 1.57 bits per heavy atom. The predicted molar refractivity (Wildman–Crippen MR) is 80.8 cm³/mol. The van der Waals surface area contributed by atoms with Crippen molar-refractivity contribution in [2.45, 2.75) is 26.7 Å². The molecule has 0 aromatic heterocycles. The summed E-state index contributed by atoms with van der Waals surface area (Å²) in [6.45, 7) is 3.42. The highest BCUT2D eigenvalue weighted by Crippen LogP contribution is 2.39. The highest BCUT2D eigenvalue weighted by Gasteiger charge is 2.16. The Kier molecular flexibility index (Phi) is 4.81. The van der Waals surface area contributed by atoms with Gasteiger partial charge in [-0.15, -0.1) is 0 Å². The number of hydrogen-bond acceptors (Lipinski definition) is 4. The third-order valence-corrected chi connectivity index (χ3v) is 3.21. The van der Waals surface area contributed by atoms with Crippen LogP contribution >= 0.6 is 11.6 Å². The predicted octanol–water partition coefficient (Wildman–Crippen LogP) is 4.12. The first-order valence-corrected chi connectivity index (χ1v) is 7.07. The van der Waals surface area contributed by atoms with Gasteiger partial charge in [-0.2, -0.15) is 0 Å². The van der Waals surface area contributed by atoms with E-state index in [-0.39, 0.29) is 35.6 Å². The number of fused-ring (bicyclic) bond motifs is 1. The number of halogens is 1. The van der Waals surface area contributed by atoms with E-state index < -0.39 is 0 Å². The van der Waals surface area contributed by atoms with Crippen LogP contribution < -0.4 is 9.47 Å². The third kappa shape index (κ3) is 3.34. The molecule has 2 rings (SSSR count). The summed E-state index contributed by atoms with van der Waals surface area (Å²) in [6.07, 6.45) is 0.510. The maximum atomic E-state index is 11.5. The zero-order valence-corrected chi connectivity index (χ0v) is 12.6. The summed E-state index contributed by atoms with van der Waals surface area (Å²) in [6, 6.07) is 8.66. The average molecular weight is 307 g/mol. The first-order chi connectivity index (χ1) is 10.1. The van der Waals surface area contributed by atoms with Crippen LogP contribution in [0.3, 0.4) is 0 Å². The van der Waals surface area contributed by atoms with E-state index in [1.807, 2.05) is 6.07 Å². The van der Waals surface area contributed by atoms with E-state index in [1.54, 1.807) is 32.0 Å². The van der Waals surface area contributed by atoms with Gasteiger partial charge >= 0.3 is 11.9 Å². The maximum absolute atomic E-state index is 11.5. The minimum Gasteiger partial charge on any atom is -0.426 e. The van der Waals surface area contributed by atoms with Crippen LogP contribution in [0, 0.1) is 0 Å². The van der Waals surface area contributed by atoms with Gasteiger partial charge in [0.25, 0.3) is 0 Å². The van der Waals surface area contributed by atoms with E-state index in [9.17, 15) is 9.59 Å². The van der Waals surface area contributed by atoms with Gasteiger partial charge in [-0.3, -0.25) is 9.59 Å². The Morgan fingerprint density at radius 1 is 1.00 bits per heavy atom. The fraction of sp³-hybridized carbons (Fsp3) is 0.250. The molecule has 0 fully saturated rings. The van der Waals surface area contributed by atoms with Crippen LogP contribution in [-0.4, -0.2) is 11.9 Å². The Labute approximate surface area is 127 Å². The second kappa shape index (κ2) is 6.59. The molecule has 2 aromatic rings. The summed E-state index contributed by atoms with van der Waals surface area (Å²) in [4.78, 5) is 23.0. The molecule has 0 N–H and O–H groups in total. The average Bonchev–Trinajstić information content (AvgIpc) is 2.50. The van der Waals surface area contributed by atoms with Crippen molar-refractivity contribution in [1.29, 1.82) is 0 Å². The van der Waals surface area contributed by atoms with E-state index in [4.69, 9.17) is 21.1 Å². The van der Waals surface area contributed by atoms with Crippen molar-refractivity contribution in [1.82, 2.24) is 0 Å². The Morgan fingerprint density at radius 3 is 2.19 bits per heavy atom. The van der Waals surface area contributed by atoms with Gasteiger partial charge in [0.1, 0.15) is 5.75 Å². The first kappa shape index (κ1) is 15.3. The van der Waals surface area contributed by atoms with Crippen molar-refractivity contribution in [3.63, 3.8) is 0 Å². The summed E-state index contributed by atoms with van der Waals surface area (Å²) in [5.74, 6) is -0.0796. The lowest BCUT2D eigenvalue weighted by molar-refractivity contribution is -0.135. The van der Waals surface area contributed by atoms with Crippen molar-refractivity contribution >= 4 is 34.3 Å². The molecule has 0 radical (unpaired) electrons. The van der Waals surface area contributed by atoms with E-state index in [0.29, 0.717) is 16.5 Å². The van der Waals surface area contributed by atoms with Crippen molar-refractivity contribution in [3.8, 4) is 11.5 Å². The molecule has 2 aromatic carbocycles. The maximum Gasteiger partial charge on any atom is 0.310 e.